The molecule has 2 atom stereocenters. The Morgan fingerprint density at radius 3 is 2.13 bits per heavy atom. The fourth-order valence-corrected chi connectivity index (χ4v) is 1.71. The van der Waals surface area contributed by atoms with Crippen LogP contribution in [0.15, 0.2) is 24.3 Å². The lowest BCUT2D eigenvalue weighted by Gasteiger charge is -2.26. The average Bonchev–Trinajstić information content (AvgIpc) is 2.19. The van der Waals surface area contributed by atoms with Gasteiger partial charge in [-0.15, -0.1) is 0 Å². The standard InChI is InChI=1S/C12H18FNO/c1-8(2)12(15-3)11(14)9-4-6-10(13)7-5-9/h4-8,11-12H,14H2,1-3H3. The summed E-state index contributed by atoms with van der Waals surface area (Å²) < 4.78 is 18.1. The molecule has 0 saturated carbocycles. The zero-order valence-corrected chi connectivity index (χ0v) is 9.41. The van der Waals surface area contributed by atoms with Crippen molar-refractivity contribution in [3.05, 3.63) is 35.6 Å². The maximum Gasteiger partial charge on any atom is 0.123 e. The van der Waals surface area contributed by atoms with Gasteiger partial charge in [-0.3, -0.25) is 0 Å². The summed E-state index contributed by atoms with van der Waals surface area (Å²) in [5, 5.41) is 0. The highest BCUT2D eigenvalue weighted by Crippen LogP contribution is 2.22. The highest BCUT2D eigenvalue weighted by atomic mass is 19.1. The number of halogens is 1. The predicted octanol–water partition coefficient (Wildman–Crippen LogP) is 2.50. The molecule has 1 aromatic rings. The normalized spacial score (nSPS) is 15.3. The summed E-state index contributed by atoms with van der Waals surface area (Å²) in [6.07, 6.45) is -0.0459. The molecular weight excluding hydrogens is 193 g/mol. The predicted molar refractivity (Wildman–Crippen MR) is 59.0 cm³/mol. The van der Waals surface area contributed by atoms with Crippen molar-refractivity contribution in [1.82, 2.24) is 0 Å². The van der Waals surface area contributed by atoms with E-state index in [1.165, 1.54) is 12.1 Å². The van der Waals surface area contributed by atoms with Gasteiger partial charge in [0.15, 0.2) is 0 Å². The van der Waals surface area contributed by atoms with E-state index < -0.39 is 0 Å². The summed E-state index contributed by atoms with van der Waals surface area (Å²) in [6, 6.07) is 6.03. The molecule has 0 aromatic heterocycles. The zero-order chi connectivity index (χ0) is 11.4. The van der Waals surface area contributed by atoms with Crippen molar-refractivity contribution in [3.63, 3.8) is 0 Å². The van der Waals surface area contributed by atoms with Gasteiger partial charge in [-0.05, 0) is 23.6 Å². The van der Waals surface area contributed by atoms with Crippen LogP contribution in [0.25, 0.3) is 0 Å². The minimum absolute atomic E-state index is 0.0459. The molecule has 2 nitrogen and oxygen atoms in total. The summed E-state index contributed by atoms with van der Waals surface area (Å²) in [6.45, 7) is 4.11. The van der Waals surface area contributed by atoms with E-state index in [1.807, 2.05) is 0 Å². The van der Waals surface area contributed by atoms with Crippen LogP contribution >= 0.6 is 0 Å². The lowest BCUT2D eigenvalue weighted by Crippen LogP contribution is -2.32. The van der Waals surface area contributed by atoms with E-state index in [-0.39, 0.29) is 18.0 Å². The molecule has 2 unspecified atom stereocenters. The number of benzene rings is 1. The van der Waals surface area contributed by atoms with Crippen molar-refractivity contribution in [2.75, 3.05) is 7.11 Å². The van der Waals surface area contributed by atoms with Crippen LogP contribution in [-0.2, 0) is 4.74 Å². The Morgan fingerprint density at radius 2 is 1.73 bits per heavy atom. The Kier molecular flexibility index (Phi) is 4.24. The Labute approximate surface area is 90.2 Å². The van der Waals surface area contributed by atoms with Gasteiger partial charge >= 0.3 is 0 Å². The van der Waals surface area contributed by atoms with Crippen molar-refractivity contribution >= 4 is 0 Å². The fraction of sp³-hybridized carbons (Fsp3) is 0.500. The smallest absolute Gasteiger partial charge is 0.123 e. The van der Waals surface area contributed by atoms with E-state index in [0.717, 1.165) is 5.56 Å². The zero-order valence-electron chi connectivity index (χ0n) is 9.41. The molecule has 1 aromatic carbocycles. The van der Waals surface area contributed by atoms with Crippen LogP contribution in [0.4, 0.5) is 4.39 Å². The van der Waals surface area contributed by atoms with Crippen LogP contribution in [-0.4, -0.2) is 13.2 Å². The average molecular weight is 211 g/mol. The lowest BCUT2D eigenvalue weighted by molar-refractivity contribution is 0.0437. The maximum absolute atomic E-state index is 12.7. The van der Waals surface area contributed by atoms with Crippen LogP contribution in [0.5, 0.6) is 0 Å². The van der Waals surface area contributed by atoms with Gasteiger partial charge in [0.05, 0.1) is 12.1 Å². The molecule has 0 spiro atoms. The molecule has 84 valence electrons. The van der Waals surface area contributed by atoms with E-state index in [4.69, 9.17) is 10.5 Å². The molecule has 0 aliphatic carbocycles. The SMILES string of the molecule is COC(C(C)C)C(N)c1ccc(F)cc1. The maximum atomic E-state index is 12.7. The van der Waals surface area contributed by atoms with Gasteiger partial charge in [0.1, 0.15) is 5.82 Å². The molecule has 0 fully saturated rings. The third kappa shape index (κ3) is 3.01. The van der Waals surface area contributed by atoms with Crippen LogP contribution in [0.1, 0.15) is 25.5 Å². The first-order chi connectivity index (χ1) is 7.06. The van der Waals surface area contributed by atoms with Crippen molar-refractivity contribution in [2.45, 2.75) is 26.0 Å². The van der Waals surface area contributed by atoms with Gasteiger partial charge in [0.2, 0.25) is 0 Å². The number of rotatable bonds is 4. The van der Waals surface area contributed by atoms with E-state index >= 15 is 0 Å². The van der Waals surface area contributed by atoms with Crippen molar-refractivity contribution in [2.24, 2.45) is 11.7 Å². The van der Waals surface area contributed by atoms with E-state index in [1.54, 1.807) is 19.2 Å². The second kappa shape index (κ2) is 5.24. The Hall–Kier alpha value is -0.930. The number of methoxy groups -OCH3 is 1. The second-order valence-corrected chi connectivity index (χ2v) is 4.02. The Morgan fingerprint density at radius 1 is 1.20 bits per heavy atom. The summed E-state index contributed by atoms with van der Waals surface area (Å²) in [5.74, 6) is 0.0829. The number of ether oxygens (including phenoxy) is 1. The summed E-state index contributed by atoms with van der Waals surface area (Å²) >= 11 is 0. The highest BCUT2D eigenvalue weighted by Gasteiger charge is 2.22. The Balaban J connectivity index is 2.82. The minimum atomic E-state index is -0.246. The molecule has 1 rings (SSSR count). The monoisotopic (exact) mass is 211 g/mol. The van der Waals surface area contributed by atoms with Crippen molar-refractivity contribution in [1.29, 1.82) is 0 Å². The highest BCUT2D eigenvalue weighted by molar-refractivity contribution is 5.20. The van der Waals surface area contributed by atoms with Gasteiger partial charge in [0.25, 0.3) is 0 Å². The topological polar surface area (TPSA) is 35.2 Å². The molecule has 0 heterocycles. The molecule has 0 bridgehead atoms. The largest absolute Gasteiger partial charge is 0.379 e. The molecule has 2 N–H and O–H groups in total. The molecule has 0 aliphatic heterocycles. The first-order valence-electron chi connectivity index (χ1n) is 5.10. The van der Waals surface area contributed by atoms with E-state index in [2.05, 4.69) is 13.8 Å². The van der Waals surface area contributed by atoms with Gasteiger partial charge in [-0.1, -0.05) is 26.0 Å². The minimum Gasteiger partial charge on any atom is -0.379 e. The molecule has 0 aliphatic rings. The summed E-state index contributed by atoms with van der Waals surface area (Å²) in [5.41, 5.74) is 6.95. The molecule has 0 amide bonds. The van der Waals surface area contributed by atoms with Crippen LogP contribution < -0.4 is 5.73 Å². The van der Waals surface area contributed by atoms with E-state index in [9.17, 15) is 4.39 Å². The molecule has 15 heavy (non-hydrogen) atoms. The first kappa shape index (κ1) is 12.1. The van der Waals surface area contributed by atoms with Crippen molar-refractivity contribution < 1.29 is 9.13 Å². The summed E-state index contributed by atoms with van der Waals surface area (Å²) in [7, 11) is 1.65. The van der Waals surface area contributed by atoms with Crippen LogP contribution in [0.3, 0.4) is 0 Å². The quantitative estimate of drug-likeness (QED) is 0.830. The third-order valence-corrected chi connectivity index (χ3v) is 2.54. The van der Waals surface area contributed by atoms with Gasteiger partial charge < -0.3 is 10.5 Å². The van der Waals surface area contributed by atoms with Gasteiger partial charge in [0, 0.05) is 7.11 Å². The van der Waals surface area contributed by atoms with Gasteiger partial charge in [-0.2, -0.15) is 0 Å². The second-order valence-electron chi connectivity index (χ2n) is 4.02. The molecule has 3 heteroatoms. The number of nitrogens with two attached hydrogens (primary N) is 1. The lowest BCUT2D eigenvalue weighted by atomic mass is 9.94. The number of hydrogen-bond acceptors (Lipinski definition) is 2. The van der Waals surface area contributed by atoms with Crippen LogP contribution in [0, 0.1) is 11.7 Å². The summed E-state index contributed by atoms with van der Waals surface area (Å²) in [4.78, 5) is 0. The number of hydrogen-bond donors (Lipinski definition) is 1. The van der Waals surface area contributed by atoms with Crippen LogP contribution in [0.2, 0.25) is 0 Å². The van der Waals surface area contributed by atoms with Crippen molar-refractivity contribution in [3.8, 4) is 0 Å². The molecular formula is C12H18FNO. The molecule has 0 radical (unpaired) electrons. The first-order valence-corrected chi connectivity index (χ1v) is 5.10. The fourth-order valence-electron chi connectivity index (χ4n) is 1.71. The Bertz CT molecular complexity index is 297. The third-order valence-electron chi connectivity index (χ3n) is 2.54. The molecule has 0 saturated heterocycles. The van der Waals surface area contributed by atoms with E-state index in [0.29, 0.717) is 5.92 Å². The van der Waals surface area contributed by atoms with Gasteiger partial charge in [-0.25, -0.2) is 4.39 Å².